The van der Waals surface area contributed by atoms with Crippen LogP contribution in [0.3, 0.4) is 0 Å². The minimum atomic E-state index is -0.927. The van der Waals surface area contributed by atoms with Crippen LogP contribution in [0.2, 0.25) is 0 Å². The van der Waals surface area contributed by atoms with E-state index in [1.807, 2.05) is 13.0 Å². The monoisotopic (exact) mass is 485 g/mol. The van der Waals surface area contributed by atoms with Gasteiger partial charge in [-0.1, -0.05) is 13.0 Å². The molecule has 0 unspecified atom stereocenters. The van der Waals surface area contributed by atoms with E-state index in [0.29, 0.717) is 38.9 Å². The number of fused-ring (bicyclic) bond motifs is 1. The van der Waals surface area contributed by atoms with E-state index >= 15 is 0 Å². The molecule has 4 heterocycles. The topological polar surface area (TPSA) is 109 Å². The Labute approximate surface area is 198 Å². The van der Waals surface area contributed by atoms with Gasteiger partial charge in [-0.2, -0.15) is 0 Å². The van der Waals surface area contributed by atoms with Gasteiger partial charge in [0.25, 0.3) is 11.4 Å². The van der Waals surface area contributed by atoms with Crippen LogP contribution in [0.5, 0.6) is 11.6 Å². The van der Waals surface area contributed by atoms with Gasteiger partial charge in [-0.3, -0.25) is 9.36 Å². The molecule has 9 nitrogen and oxygen atoms in total. The van der Waals surface area contributed by atoms with Gasteiger partial charge < -0.3 is 24.3 Å². The summed E-state index contributed by atoms with van der Waals surface area (Å²) < 4.78 is 39.5. The predicted molar refractivity (Wildman–Crippen MR) is 125 cm³/mol. The molecule has 1 saturated heterocycles. The largest absolute Gasteiger partial charge is 0.504 e. The molecule has 2 N–H and O–H groups in total. The van der Waals surface area contributed by atoms with Gasteiger partial charge in [0.15, 0.2) is 11.5 Å². The number of ether oxygens (including phenoxy) is 1. The fourth-order valence-corrected chi connectivity index (χ4v) is 4.43. The second-order valence-corrected chi connectivity index (χ2v) is 8.50. The molecular formula is C24H25F2N5O4. The van der Waals surface area contributed by atoms with Crippen molar-refractivity contribution in [1.29, 1.82) is 0 Å². The van der Waals surface area contributed by atoms with E-state index in [-0.39, 0.29) is 51.9 Å². The van der Waals surface area contributed by atoms with Crippen molar-refractivity contribution < 1.29 is 23.1 Å². The quantitative estimate of drug-likeness (QED) is 0.405. The Morgan fingerprint density at radius 1 is 1.29 bits per heavy atom. The van der Waals surface area contributed by atoms with Gasteiger partial charge in [0.2, 0.25) is 0 Å². The molecule has 0 bridgehead atoms. The molecule has 1 aromatic carbocycles. The first-order valence-electron chi connectivity index (χ1n) is 11.5. The number of nitrogens with zero attached hydrogens (tertiary/aromatic N) is 4. The number of anilines is 1. The van der Waals surface area contributed by atoms with Gasteiger partial charge in [-0.25, -0.2) is 13.8 Å². The number of alkyl halides is 1. The van der Waals surface area contributed by atoms with E-state index in [1.165, 1.54) is 22.8 Å². The van der Waals surface area contributed by atoms with Gasteiger partial charge in [0, 0.05) is 38.2 Å². The van der Waals surface area contributed by atoms with Gasteiger partial charge >= 0.3 is 0 Å². The fourth-order valence-electron chi connectivity index (χ4n) is 4.43. The Hall–Kier alpha value is -3.89. The normalized spacial score (nSPS) is 14.7. The van der Waals surface area contributed by atoms with Crippen LogP contribution < -0.4 is 15.2 Å². The Morgan fingerprint density at radius 3 is 2.80 bits per heavy atom. The van der Waals surface area contributed by atoms with Gasteiger partial charge in [0.1, 0.15) is 41.1 Å². The number of benzene rings is 1. The molecule has 5 rings (SSSR count). The lowest BCUT2D eigenvalue weighted by Crippen LogP contribution is -2.38. The summed E-state index contributed by atoms with van der Waals surface area (Å²) in [6, 6.07) is 8.02. The molecule has 1 aliphatic rings. The third-order valence-corrected chi connectivity index (χ3v) is 6.16. The summed E-state index contributed by atoms with van der Waals surface area (Å²) in [7, 11) is 0. The number of hydrogen-bond donors (Lipinski definition) is 2. The number of H-pyrrole nitrogens is 1. The van der Waals surface area contributed by atoms with Gasteiger partial charge in [-0.05, 0) is 29.8 Å². The van der Waals surface area contributed by atoms with E-state index in [1.54, 1.807) is 6.07 Å². The summed E-state index contributed by atoms with van der Waals surface area (Å²) in [6.07, 6.45) is 1.94. The third kappa shape index (κ3) is 4.33. The van der Waals surface area contributed by atoms with Crippen molar-refractivity contribution >= 4 is 16.7 Å². The maximum absolute atomic E-state index is 13.5. The number of hydrogen-bond acceptors (Lipinski definition) is 7. The van der Waals surface area contributed by atoms with Crippen molar-refractivity contribution in [3.8, 4) is 23.1 Å². The number of aromatic hydroxyl groups is 1. The first-order valence-corrected chi connectivity index (χ1v) is 11.5. The highest BCUT2D eigenvalue weighted by molar-refractivity contribution is 5.89. The minimum absolute atomic E-state index is 0.0198. The Bertz CT molecular complexity index is 1400. The SMILES string of the molecule is CCCn1c(CF)nc2c(O)c(-c3cc(OC4CCN(c5cccc(F)c5)CC4)no3)[nH]c2c1=O. The molecule has 0 saturated carbocycles. The van der Waals surface area contributed by atoms with Crippen LogP contribution in [0.25, 0.3) is 22.5 Å². The van der Waals surface area contributed by atoms with Crippen molar-refractivity contribution in [2.24, 2.45) is 0 Å². The maximum atomic E-state index is 13.5. The lowest BCUT2D eigenvalue weighted by Gasteiger charge is -2.33. The third-order valence-electron chi connectivity index (χ3n) is 6.16. The van der Waals surface area contributed by atoms with E-state index < -0.39 is 12.2 Å². The number of halogens is 2. The molecule has 0 aliphatic carbocycles. The van der Waals surface area contributed by atoms with Crippen molar-refractivity contribution in [3.63, 3.8) is 0 Å². The molecule has 0 spiro atoms. The molecule has 3 aromatic heterocycles. The zero-order valence-electron chi connectivity index (χ0n) is 19.1. The molecule has 184 valence electrons. The van der Waals surface area contributed by atoms with E-state index in [4.69, 9.17) is 9.26 Å². The smallest absolute Gasteiger partial charge is 0.278 e. The Kier molecular flexibility index (Phi) is 6.14. The zero-order chi connectivity index (χ0) is 24.5. The highest BCUT2D eigenvalue weighted by atomic mass is 19.1. The average Bonchev–Trinajstić information content (AvgIpc) is 3.45. The van der Waals surface area contributed by atoms with Gasteiger partial charge in [0.05, 0.1) is 6.07 Å². The van der Waals surface area contributed by atoms with Crippen LogP contribution in [-0.2, 0) is 13.2 Å². The summed E-state index contributed by atoms with van der Waals surface area (Å²) in [5.41, 5.74) is 0.531. The highest BCUT2D eigenvalue weighted by Crippen LogP contribution is 2.36. The molecule has 11 heteroatoms. The van der Waals surface area contributed by atoms with Crippen LogP contribution in [-0.4, -0.2) is 44.0 Å². The molecule has 0 atom stereocenters. The number of aromatic nitrogens is 4. The van der Waals surface area contributed by atoms with Crippen LogP contribution in [0.15, 0.2) is 39.6 Å². The molecule has 4 aromatic rings. The summed E-state index contributed by atoms with van der Waals surface area (Å²) in [5.74, 6) is -0.228. The molecule has 1 fully saturated rings. The van der Waals surface area contributed by atoms with Crippen LogP contribution in [0.1, 0.15) is 32.0 Å². The van der Waals surface area contributed by atoms with Crippen LogP contribution in [0, 0.1) is 5.82 Å². The lowest BCUT2D eigenvalue weighted by molar-refractivity contribution is 0.156. The van der Waals surface area contributed by atoms with Crippen molar-refractivity contribution in [3.05, 3.63) is 52.3 Å². The Balaban J connectivity index is 1.32. The Morgan fingerprint density at radius 2 is 2.09 bits per heavy atom. The summed E-state index contributed by atoms with van der Waals surface area (Å²) in [5, 5.41) is 14.6. The average molecular weight is 485 g/mol. The number of piperidine rings is 1. The number of aromatic amines is 1. The second kappa shape index (κ2) is 9.40. The maximum Gasteiger partial charge on any atom is 0.278 e. The van der Waals surface area contributed by atoms with E-state index in [2.05, 4.69) is 20.0 Å². The fraction of sp³-hybridized carbons (Fsp3) is 0.375. The number of rotatable bonds is 7. The number of nitrogens with one attached hydrogen (secondary N) is 1. The van der Waals surface area contributed by atoms with E-state index in [0.717, 1.165) is 5.69 Å². The van der Waals surface area contributed by atoms with E-state index in [9.17, 15) is 18.7 Å². The standard InChI is InChI=1S/C24H25F2N5O4/c1-2-8-31-18(13-25)27-21-22(24(31)33)28-20(23(21)32)17-12-19(29-35-17)34-16-6-9-30(10-7-16)15-5-3-4-14(26)11-15/h3-5,11-12,16,28,32H,2,6-10,13H2,1H3. The zero-order valence-corrected chi connectivity index (χ0v) is 19.1. The van der Waals surface area contributed by atoms with Crippen LogP contribution in [0.4, 0.5) is 14.5 Å². The minimum Gasteiger partial charge on any atom is -0.504 e. The van der Waals surface area contributed by atoms with Crippen molar-refractivity contribution in [1.82, 2.24) is 19.7 Å². The first kappa shape index (κ1) is 22.9. The second-order valence-electron chi connectivity index (χ2n) is 8.50. The van der Waals surface area contributed by atoms with Gasteiger partial charge in [-0.15, -0.1) is 0 Å². The molecule has 1 aliphatic heterocycles. The van der Waals surface area contributed by atoms with Crippen LogP contribution >= 0.6 is 0 Å². The predicted octanol–water partition coefficient (Wildman–Crippen LogP) is 4.15. The molecule has 0 amide bonds. The van der Waals surface area contributed by atoms with Crippen molar-refractivity contribution in [2.75, 3.05) is 18.0 Å². The molecule has 35 heavy (non-hydrogen) atoms. The summed E-state index contributed by atoms with van der Waals surface area (Å²) in [6.45, 7) is 2.66. The molecular weight excluding hydrogens is 460 g/mol. The van der Waals surface area contributed by atoms with Crippen molar-refractivity contribution in [2.45, 2.75) is 45.5 Å². The molecule has 0 radical (unpaired) electrons. The summed E-state index contributed by atoms with van der Waals surface area (Å²) >= 11 is 0. The lowest BCUT2D eigenvalue weighted by atomic mass is 10.1. The summed E-state index contributed by atoms with van der Waals surface area (Å²) in [4.78, 5) is 21.9. The highest BCUT2D eigenvalue weighted by Gasteiger charge is 2.25. The first-order chi connectivity index (χ1) is 17.0.